The summed E-state index contributed by atoms with van der Waals surface area (Å²) >= 11 is 5.31. The molecule has 31 valence electrons. The van der Waals surface area contributed by atoms with Crippen LogP contribution in [0.5, 0.6) is 0 Å². The van der Waals surface area contributed by atoms with E-state index in [0.717, 1.165) is 0 Å². The second-order valence-electron chi connectivity index (χ2n) is 0.747. The molecule has 0 aromatic rings. The van der Waals surface area contributed by atoms with Crippen LogP contribution in [0.25, 0.3) is 0 Å². The molecule has 0 rings (SSSR count). The summed E-state index contributed by atoms with van der Waals surface area (Å²) in [5, 5.41) is 1.21. The molecule has 0 amide bonds. The Kier molecular flexibility index (Phi) is 6.56. The van der Waals surface area contributed by atoms with Gasteiger partial charge in [-0.3, -0.25) is 0 Å². The van der Waals surface area contributed by atoms with E-state index in [9.17, 15) is 0 Å². The minimum atomic E-state index is 1.21. The predicted octanol–water partition coefficient (Wildman–Crippen LogP) is 1.40. The Morgan fingerprint density at radius 2 is 2.20 bits per heavy atom. The summed E-state index contributed by atoms with van der Waals surface area (Å²) in [6.45, 7) is 0. The molecule has 5 heavy (non-hydrogen) atoms. The number of rotatable bonds is 2. The topological polar surface area (TPSA) is 0 Å². The van der Waals surface area contributed by atoms with Gasteiger partial charge in [0.25, 0.3) is 0 Å². The van der Waals surface area contributed by atoms with Crippen molar-refractivity contribution in [1.29, 1.82) is 0 Å². The Hall–Kier alpha value is 1.25. The van der Waals surface area contributed by atoms with Crippen molar-refractivity contribution in [1.82, 2.24) is 0 Å². The van der Waals surface area contributed by atoms with Crippen LogP contribution < -0.4 is 0 Å². The quantitative estimate of drug-likeness (QED) is 0.393. The Labute approximate surface area is 54.7 Å². The summed E-state index contributed by atoms with van der Waals surface area (Å²) < 4.78 is 1.28. The van der Waals surface area contributed by atoms with E-state index in [2.05, 4.69) is 38.6 Å². The summed E-state index contributed by atoms with van der Waals surface area (Å²) in [6, 6.07) is 0. The fraction of sp³-hybridized carbons (Fsp3) is 1.00. The molecular weight excluding hydrogens is 242 g/mol. The third-order valence-corrected chi connectivity index (χ3v) is 1.65. The molecule has 2 heteroatoms. The van der Waals surface area contributed by atoms with E-state index in [0.29, 0.717) is 0 Å². The van der Waals surface area contributed by atoms with Crippen LogP contribution in [0.1, 0.15) is 6.42 Å². The van der Waals surface area contributed by atoms with Crippen molar-refractivity contribution in [2.24, 2.45) is 0 Å². The number of hydrogen-bond donors (Lipinski definition) is 0. The first-order valence-corrected chi connectivity index (χ1v) is 4.29. The molecule has 0 N–H and O–H groups in total. The van der Waals surface area contributed by atoms with Crippen molar-refractivity contribution in [3.05, 3.63) is 0 Å². The number of hydrogen-bond acceptors (Lipinski definition) is 0. The van der Waals surface area contributed by atoms with Gasteiger partial charge in [0.1, 0.15) is 0 Å². The molecule has 0 aliphatic heterocycles. The molecular formula is C3H6ISe. The Morgan fingerprint density at radius 1 is 1.60 bits per heavy atom. The first-order valence-electron chi connectivity index (χ1n) is 1.56. The Balaban J connectivity index is 2.19. The van der Waals surface area contributed by atoms with Gasteiger partial charge in [0.05, 0.1) is 0 Å². The second-order valence-corrected chi connectivity index (χ2v) is 2.68. The van der Waals surface area contributed by atoms with E-state index < -0.39 is 0 Å². The molecule has 0 aromatic heterocycles. The maximum atomic E-state index is 2.94. The first kappa shape index (κ1) is 6.25. The normalized spacial score (nSPS) is 8.40. The van der Waals surface area contributed by atoms with Crippen LogP contribution >= 0.6 is 22.6 Å². The molecule has 0 unspecified atom stereocenters. The average Bonchev–Trinajstić information content (AvgIpc) is 1.41. The van der Waals surface area contributed by atoms with E-state index in [4.69, 9.17) is 0 Å². The van der Waals surface area contributed by atoms with Crippen LogP contribution in [-0.4, -0.2) is 20.4 Å². The molecule has 0 atom stereocenters. The van der Waals surface area contributed by atoms with Crippen LogP contribution in [0, 0.1) is 0 Å². The number of halogens is 1. The summed E-state index contributed by atoms with van der Waals surface area (Å²) in [5.41, 5.74) is 0. The van der Waals surface area contributed by atoms with Gasteiger partial charge in [0.2, 0.25) is 0 Å². The van der Waals surface area contributed by atoms with Crippen LogP contribution in [0.3, 0.4) is 0 Å². The van der Waals surface area contributed by atoms with Gasteiger partial charge in [-0.2, -0.15) is 0 Å². The fourth-order valence-electron chi connectivity index (χ4n) is 0.0546. The molecule has 0 nitrogen and oxygen atoms in total. The SMILES string of the molecule is [Se]CCCI. The third kappa shape index (κ3) is 5.25. The van der Waals surface area contributed by atoms with Gasteiger partial charge in [-0.15, -0.1) is 0 Å². The van der Waals surface area contributed by atoms with Crippen LogP contribution in [0.2, 0.25) is 5.32 Å². The van der Waals surface area contributed by atoms with Gasteiger partial charge in [-0.05, 0) is 0 Å². The zero-order valence-electron chi connectivity index (χ0n) is 2.91. The van der Waals surface area contributed by atoms with Crippen LogP contribution in [0.4, 0.5) is 0 Å². The van der Waals surface area contributed by atoms with Gasteiger partial charge < -0.3 is 0 Å². The van der Waals surface area contributed by atoms with Crippen molar-refractivity contribution >= 4 is 38.6 Å². The van der Waals surface area contributed by atoms with E-state index in [1.165, 1.54) is 16.2 Å². The Morgan fingerprint density at radius 3 is 2.20 bits per heavy atom. The summed E-state index contributed by atoms with van der Waals surface area (Å²) in [4.78, 5) is 0. The van der Waals surface area contributed by atoms with Gasteiger partial charge in [-0.1, -0.05) is 0 Å². The summed E-state index contributed by atoms with van der Waals surface area (Å²) in [7, 11) is 0. The molecule has 1 radical (unpaired) electrons. The van der Waals surface area contributed by atoms with Crippen LogP contribution in [0.15, 0.2) is 0 Å². The molecule has 0 bridgehead atoms. The molecule has 0 aromatic carbocycles. The van der Waals surface area contributed by atoms with Crippen molar-refractivity contribution in [2.75, 3.05) is 4.43 Å². The first-order chi connectivity index (χ1) is 2.41. The molecule has 0 saturated heterocycles. The molecule has 0 saturated carbocycles. The fourth-order valence-corrected chi connectivity index (χ4v) is 1.90. The molecule has 0 aliphatic carbocycles. The van der Waals surface area contributed by atoms with Crippen molar-refractivity contribution in [2.45, 2.75) is 11.7 Å². The summed E-state index contributed by atoms with van der Waals surface area (Å²) in [6.07, 6.45) is 1.32. The van der Waals surface area contributed by atoms with Gasteiger partial charge in [0.15, 0.2) is 0 Å². The minimum absolute atomic E-state index is 1.21. The van der Waals surface area contributed by atoms with Crippen molar-refractivity contribution < 1.29 is 0 Å². The zero-order valence-corrected chi connectivity index (χ0v) is 6.78. The zero-order chi connectivity index (χ0) is 4.12. The summed E-state index contributed by atoms with van der Waals surface area (Å²) in [5.74, 6) is 0. The number of alkyl halides is 1. The van der Waals surface area contributed by atoms with E-state index in [-0.39, 0.29) is 0 Å². The molecule has 0 aliphatic rings. The second kappa shape index (κ2) is 5.25. The average molecular weight is 248 g/mol. The predicted molar refractivity (Wildman–Crippen MR) is 34.1 cm³/mol. The van der Waals surface area contributed by atoms with Gasteiger partial charge >= 0.3 is 54.8 Å². The van der Waals surface area contributed by atoms with Crippen molar-refractivity contribution in [3.63, 3.8) is 0 Å². The third-order valence-electron chi connectivity index (χ3n) is 0.278. The van der Waals surface area contributed by atoms with Gasteiger partial charge in [-0.25, -0.2) is 0 Å². The standard InChI is InChI=1S/C3H6ISe/c4-2-1-3-5/h1-3H2. The maximum absolute atomic E-state index is 2.94. The molecule has 0 spiro atoms. The monoisotopic (exact) mass is 249 g/mol. The van der Waals surface area contributed by atoms with Crippen molar-refractivity contribution in [3.8, 4) is 0 Å². The van der Waals surface area contributed by atoms with E-state index in [1.807, 2.05) is 0 Å². The molecule has 0 fully saturated rings. The molecule has 0 heterocycles. The van der Waals surface area contributed by atoms with Gasteiger partial charge in [0, 0.05) is 0 Å². The van der Waals surface area contributed by atoms with Crippen LogP contribution in [-0.2, 0) is 0 Å². The van der Waals surface area contributed by atoms with E-state index >= 15 is 0 Å². The Bertz CT molecular complexity index is 14.4. The van der Waals surface area contributed by atoms with E-state index in [1.54, 1.807) is 0 Å².